The summed E-state index contributed by atoms with van der Waals surface area (Å²) in [5.41, 5.74) is 6.75. The summed E-state index contributed by atoms with van der Waals surface area (Å²) >= 11 is 0. The Bertz CT molecular complexity index is 651. The van der Waals surface area contributed by atoms with Crippen LogP contribution in [0, 0.1) is 0 Å². The highest BCUT2D eigenvalue weighted by molar-refractivity contribution is 5.95. The molecular formula is C16H18N4O2. The minimum absolute atomic E-state index is 0.227. The highest BCUT2D eigenvalue weighted by Gasteiger charge is 2.12. The van der Waals surface area contributed by atoms with Gasteiger partial charge >= 0.3 is 0 Å². The molecule has 0 aliphatic carbocycles. The molecule has 1 aliphatic rings. The predicted molar refractivity (Wildman–Crippen MR) is 84.4 cm³/mol. The maximum absolute atomic E-state index is 11.4. The van der Waals surface area contributed by atoms with Crippen molar-refractivity contribution in [3.63, 3.8) is 0 Å². The van der Waals surface area contributed by atoms with Crippen LogP contribution in [0.15, 0.2) is 42.6 Å². The molecule has 114 valence electrons. The average Bonchev–Trinajstić information content (AvgIpc) is 2.57. The standard InChI is InChI=1S/C16H18N4O2/c17-15(21)14-2-1-7-19-16(14)22-13-5-3-12(4-6-13)20-10-8-18-9-11-20/h1-7,18H,8-11H2,(H2,17,21). The van der Waals surface area contributed by atoms with Crippen LogP contribution in [0.2, 0.25) is 0 Å². The Hall–Kier alpha value is -2.60. The number of nitrogens with two attached hydrogens (primary N) is 1. The first-order chi connectivity index (χ1) is 10.7. The van der Waals surface area contributed by atoms with Gasteiger partial charge in [-0.05, 0) is 36.4 Å². The number of pyridine rings is 1. The van der Waals surface area contributed by atoms with Gasteiger partial charge in [0.15, 0.2) is 0 Å². The topological polar surface area (TPSA) is 80.5 Å². The van der Waals surface area contributed by atoms with E-state index in [4.69, 9.17) is 10.5 Å². The normalized spacial score (nSPS) is 14.6. The van der Waals surface area contributed by atoms with Gasteiger partial charge in [0.05, 0.1) is 0 Å². The van der Waals surface area contributed by atoms with E-state index in [-0.39, 0.29) is 11.4 Å². The first kappa shape index (κ1) is 14.3. The Kier molecular flexibility index (Phi) is 4.20. The molecule has 6 heteroatoms. The number of carbonyl (C=O) groups is 1. The summed E-state index contributed by atoms with van der Waals surface area (Å²) in [6.45, 7) is 3.97. The van der Waals surface area contributed by atoms with Crippen molar-refractivity contribution in [2.24, 2.45) is 5.73 Å². The van der Waals surface area contributed by atoms with Gasteiger partial charge < -0.3 is 20.7 Å². The second kappa shape index (κ2) is 6.44. The van der Waals surface area contributed by atoms with Gasteiger partial charge in [-0.25, -0.2) is 4.98 Å². The summed E-state index contributed by atoms with van der Waals surface area (Å²) in [7, 11) is 0. The van der Waals surface area contributed by atoms with E-state index in [2.05, 4.69) is 15.2 Å². The first-order valence-corrected chi connectivity index (χ1v) is 7.22. The maximum atomic E-state index is 11.4. The number of aromatic nitrogens is 1. The van der Waals surface area contributed by atoms with Gasteiger partial charge in [-0.15, -0.1) is 0 Å². The third-order valence-electron chi connectivity index (χ3n) is 3.57. The van der Waals surface area contributed by atoms with E-state index >= 15 is 0 Å². The zero-order chi connectivity index (χ0) is 15.4. The Morgan fingerprint density at radius 3 is 2.59 bits per heavy atom. The summed E-state index contributed by atoms with van der Waals surface area (Å²) in [6.07, 6.45) is 1.57. The second-order valence-electron chi connectivity index (χ2n) is 5.05. The van der Waals surface area contributed by atoms with Crippen LogP contribution in [0.5, 0.6) is 11.6 Å². The molecule has 22 heavy (non-hydrogen) atoms. The Morgan fingerprint density at radius 1 is 1.18 bits per heavy atom. The summed E-state index contributed by atoms with van der Waals surface area (Å²) < 4.78 is 5.67. The minimum atomic E-state index is -0.555. The van der Waals surface area contributed by atoms with Crippen molar-refractivity contribution in [2.45, 2.75) is 0 Å². The van der Waals surface area contributed by atoms with Gasteiger partial charge in [0.25, 0.3) is 5.91 Å². The number of amides is 1. The summed E-state index contributed by atoms with van der Waals surface area (Å²) in [4.78, 5) is 17.7. The summed E-state index contributed by atoms with van der Waals surface area (Å²) in [6, 6.07) is 11.0. The molecule has 3 rings (SSSR count). The molecule has 3 N–H and O–H groups in total. The largest absolute Gasteiger partial charge is 0.438 e. The molecule has 0 saturated carbocycles. The van der Waals surface area contributed by atoms with Crippen molar-refractivity contribution in [1.82, 2.24) is 10.3 Å². The maximum Gasteiger partial charge on any atom is 0.254 e. The van der Waals surface area contributed by atoms with Crippen molar-refractivity contribution in [3.05, 3.63) is 48.2 Å². The van der Waals surface area contributed by atoms with Gasteiger partial charge in [0.1, 0.15) is 11.3 Å². The van der Waals surface area contributed by atoms with Crippen LogP contribution in [0.1, 0.15) is 10.4 Å². The number of carbonyl (C=O) groups excluding carboxylic acids is 1. The molecule has 1 amide bonds. The average molecular weight is 298 g/mol. The molecule has 1 fully saturated rings. The van der Waals surface area contributed by atoms with E-state index in [0.29, 0.717) is 5.75 Å². The number of nitrogens with one attached hydrogen (secondary N) is 1. The molecule has 1 aromatic heterocycles. The number of primary amides is 1. The van der Waals surface area contributed by atoms with E-state index < -0.39 is 5.91 Å². The minimum Gasteiger partial charge on any atom is -0.438 e. The Morgan fingerprint density at radius 2 is 1.91 bits per heavy atom. The molecule has 0 atom stereocenters. The van der Waals surface area contributed by atoms with Crippen molar-refractivity contribution >= 4 is 11.6 Å². The van der Waals surface area contributed by atoms with E-state index in [1.807, 2.05) is 24.3 Å². The van der Waals surface area contributed by atoms with E-state index in [1.54, 1.807) is 18.3 Å². The number of hydrogen-bond donors (Lipinski definition) is 2. The second-order valence-corrected chi connectivity index (χ2v) is 5.05. The first-order valence-electron chi connectivity index (χ1n) is 7.22. The lowest BCUT2D eigenvalue weighted by Gasteiger charge is -2.29. The fraction of sp³-hybridized carbons (Fsp3) is 0.250. The summed E-state index contributed by atoms with van der Waals surface area (Å²) in [5.74, 6) is 0.297. The van der Waals surface area contributed by atoms with Crippen LogP contribution in [-0.4, -0.2) is 37.1 Å². The van der Waals surface area contributed by atoms with E-state index in [9.17, 15) is 4.79 Å². The summed E-state index contributed by atoms with van der Waals surface area (Å²) in [5, 5.41) is 3.33. The van der Waals surface area contributed by atoms with Gasteiger partial charge in [-0.3, -0.25) is 4.79 Å². The Balaban J connectivity index is 1.75. The quantitative estimate of drug-likeness (QED) is 0.891. The lowest BCUT2D eigenvalue weighted by molar-refractivity contribution is 0.0997. The molecule has 2 aromatic rings. The highest BCUT2D eigenvalue weighted by Crippen LogP contribution is 2.25. The monoisotopic (exact) mass is 298 g/mol. The molecule has 1 saturated heterocycles. The number of hydrogen-bond acceptors (Lipinski definition) is 5. The van der Waals surface area contributed by atoms with Gasteiger partial charge in [-0.1, -0.05) is 0 Å². The molecule has 1 aromatic carbocycles. The number of rotatable bonds is 4. The Labute approximate surface area is 128 Å². The number of anilines is 1. The SMILES string of the molecule is NC(=O)c1cccnc1Oc1ccc(N2CCNCC2)cc1. The van der Waals surface area contributed by atoms with Crippen molar-refractivity contribution < 1.29 is 9.53 Å². The third kappa shape index (κ3) is 3.17. The van der Waals surface area contributed by atoms with Crippen molar-refractivity contribution in [3.8, 4) is 11.6 Å². The molecule has 2 heterocycles. The highest BCUT2D eigenvalue weighted by atomic mass is 16.5. The molecule has 0 unspecified atom stereocenters. The third-order valence-corrected chi connectivity index (χ3v) is 3.57. The van der Waals surface area contributed by atoms with Crippen LogP contribution >= 0.6 is 0 Å². The van der Waals surface area contributed by atoms with Gasteiger partial charge in [0.2, 0.25) is 5.88 Å². The lowest BCUT2D eigenvalue weighted by Crippen LogP contribution is -2.43. The van der Waals surface area contributed by atoms with Crippen molar-refractivity contribution in [1.29, 1.82) is 0 Å². The van der Waals surface area contributed by atoms with Crippen LogP contribution in [-0.2, 0) is 0 Å². The number of benzene rings is 1. The molecular weight excluding hydrogens is 280 g/mol. The molecule has 0 spiro atoms. The number of piperazine rings is 1. The van der Waals surface area contributed by atoms with E-state index in [1.165, 1.54) is 0 Å². The van der Waals surface area contributed by atoms with Crippen LogP contribution in [0.25, 0.3) is 0 Å². The van der Waals surface area contributed by atoms with E-state index in [0.717, 1.165) is 31.9 Å². The van der Waals surface area contributed by atoms with Crippen LogP contribution in [0.4, 0.5) is 5.69 Å². The molecule has 0 radical (unpaired) electrons. The zero-order valence-electron chi connectivity index (χ0n) is 12.2. The smallest absolute Gasteiger partial charge is 0.254 e. The molecule has 0 bridgehead atoms. The number of nitrogens with zero attached hydrogens (tertiary/aromatic N) is 2. The lowest BCUT2D eigenvalue weighted by atomic mass is 10.2. The molecule has 1 aliphatic heterocycles. The van der Waals surface area contributed by atoms with Gasteiger partial charge in [-0.2, -0.15) is 0 Å². The fourth-order valence-corrected chi connectivity index (χ4v) is 2.42. The number of ether oxygens (including phenoxy) is 1. The zero-order valence-corrected chi connectivity index (χ0v) is 12.2. The van der Waals surface area contributed by atoms with Crippen LogP contribution < -0.4 is 20.7 Å². The molecule has 6 nitrogen and oxygen atoms in total. The van der Waals surface area contributed by atoms with Gasteiger partial charge in [0, 0.05) is 38.1 Å². The fourth-order valence-electron chi connectivity index (χ4n) is 2.42. The van der Waals surface area contributed by atoms with Crippen molar-refractivity contribution in [2.75, 3.05) is 31.1 Å². The van der Waals surface area contributed by atoms with Crippen LogP contribution in [0.3, 0.4) is 0 Å². The predicted octanol–water partition coefficient (Wildman–Crippen LogP) is 1.38.